The van der Waals surface area contributed by atoms with Gasteiger partial charge < -0.3 is 4.74 Å². The number of alkyl halides is 7. The van der Waals surface area contributed by atoms with Gasteiger partial charge in [0.25, 0.3) is 0 Å². The molecule has 0 spiro atoms. The Labute approximate surface area is 149 Å². The molecule has 138 valence electrons. The minimum Gasteiger partial charge on any atom is -0.406 e. The van der Waals surface area contributed by atoms with Crippen molar-refractivity contribution in [3.8, 4) is 17.0 Å². The normalized spacial score (nSPS) is 12.6. The molecule has 0 aliphatic carbocycles. The van der Waals surface area contributed by atoms with Crippen LogP contribution in [0.25, 0.3) is 16.9 Å². The fourth-order valence-corrected chi connectivity index (χ4v) is 2.58. The quantitative estimate of drug-likeness (QED) is 0.441. The van der Waals surface area contributed by atoms with E-state index in [0.29, 0.717) is 5.56 Å². The van der Waals surface area contributed by atoms with Crippen LogP contribution in [0.2, 0.25) is 0 Å². The van der Waals surface area contributed by atoms with E-state index in [4.69, 9.17) is 0 Å². The summed E-state index contributed by atoms with van der Waals surface area (Å²) >= 11 is 3.12. The molecule has 0 fully saturated rings. The fourth-order valence-electron chi connectivity index (χ4n) is 2.21. The zero-order valence-corrected chi connectivity index (χ0v) is 14.0. The second kappa shape index (κ2) is 6.41. The van der Waals surface area contributed by atoms with Gasteiger partial charge in [-0.15, -0.1) is 23.4 Å². The lowest BCUT2D eigenvalue weighted by molar-refractivity contribution is -0.274. The molecular weight excluding hydrogens is 434 g/mol. The summed E-state index contributed by atoms with van der Waals surface area (Å²) in [7, 11) is 0. The summed E-state index contributed by atoms with van der Waals surface area (Å²) in [5.74, 6) is -1.68. The van der Waals surface area contributed by atoms with Crippen LogP contribution in [0.15, 0.2) is 30.5 Å². The number of ether oxygens (including phenoxy) is 1. The summed E-state index contributed by atoms with van der Waals surface area (Å²) < 4.78 is 80.3. The Morgan fingerprint density at radius 3 is 2.19 bits per heavy atom. The van der Waals surface area contributed by atoms with Crippen LogP contribution < -0.4 is 4.74 Å². The van der Waals surface area contributed by atoms with Gasteiger partial charge in [0.2, 0.25) is 5.82 Å². The van der Waals surface area contributed by atoms with E-state index in [0.717, 1.165) is 22.7 Å². The van der Waals surface area contributed by atoms with E-state index in [1.807, 2.05) is 0 Å². The van der Waals surface area contributed by atoms with Crippen molar-refractivity contribution < 1.29 is 31.1 Å². The molecule has 3 aromatic rings. The summed E-state index contributed by atoms with van der Waals surface area (Å²) in [4.78, 5) is 4.19. The maximum absolute atomic E-state index is 13.1. The SMILES string of the molecule is FC(F)(F)Oc1ccc(-c2cn3c(C(F)(F)F)nnc3c(CBr)n2)cc1. The van der Waals surface area contributed by atoms with Crippen LogP contribution in [0, 0.1) is 0 Å². The van der Waals surface area contributed by atoms with Crippen LogP contribution in [0.4, 0.5) is 26.3 Å². The number of aromatic nitrogens is 4. The molecule has 26 heavy (non-hydrogen) atoms. The summed E-state index contributed by atoms with van der Waals surface area (Å²) in [5.41, 5.74) is 0.525. The molecule has 0 unspecified atom stereocenters. The monoisotopic (exact) mass is 440 g/mol. The van der Waals surface area contributed by atoms with Crippen LogP contribution >= 0.6 is 15.9 Å². The minimum absolute atomic E-state index is 0.0741. The lowest BCUT2D eigenvalue weighted by atomic mass is 10.1. The van der Waals surface area contributed by atoms with Crippen molar-refractivity contribution in [2.24, 2.45) is 0 Å². The highest BCUT2D eigenvalue weighted by Gasteiger charge is 2.37. The number of hydrogen-bond acceptors (Lipinski definition) is 4. The lowest BCUT2D eigenvalue weighted by Crippen LogP contribution is -2.16. The molecule has 0 atom stereocenters. The highest BCUT2D eigenvalue weighted by atomic mass is 79.9. The highest BCUT2D eigenvalue weighted by Crippen LogP contribution is 2.31. The molecule has 0 aliphatic heterocycles. The van der Waals surface area contributed by atoms with E-state index in [9.17, 15) is 26.3 Å². The minimum atomic E-state index is -4.84. The van der Waals surface area contributed by atoms with Crippen LogP contribution in [-0.4, -0.2) is 25.9 Å². The Balaban J connectivity index is 2.07. The third-order valence-corrected chi connectivity index (χ3v) is 3.76. The van der Waals surface area contributed by atoms with E-state index in [1.165, 1.54) is 12.1 Å². The second-order valence-electron chi connectivity index (χ2n) is 4.99. The summed E-state index contributed by atoms with van der Waals surface area (Å²) in [6.45, 7) is 0. The van der Waals surface area contributed by atoms with Crippen LogP contribution in [-0.2, 0) is 11.5 Å². The smallest absolute Gasteiger partial charge is 0.406 e. The molecule has 0 saturated heterocycles. The van der Waals surface area contributed by atoms with Gasteiger partial charge in [-0.1, -0.05) is 15.9 Å². The molecule has 0 saturated carbocycles. The van der Waals surface area contributed by atoms with Gasteiger partial charge >= 0.3 is 12.5 Å². The molecule has 1 aromatic carbocycles. The topological polar surface area (TPSA) is 52.3 Å². The predicted octanol–water partition coefficient (Wildman–Crippen LogP) is 4.60. The standard InChI is InChI=1S/C14H7BrF6N4O/c15-5-9-11-23-24-12(13(16,17)18)25(11)6-10(22-9)7-1-3-8(4-2-7)26-14(19,20)21/h1-4,6H,5H2. The van der Waals surface area contributed by atoms with Gasteiger partial charge in [-0.3, -0.25) is 4.40 Å². The van der Waals surface area contributed by atoms with Crippen LogP contribution in [0.3, 0.4) is 0 Å². The van der Waals surface area contributed by atoms with Crippen molar-refractivity contribution in [1.82, 2.24) is 19.6 Å². The van der Waals surface area contributed by atoms with E-state index in [2.05, 4.69) is 35.8 Å². The summed E-state index contributed by atoms with van der Waals surface area (Å²) in [6, 6.07) is 4.59. The van der Waals surface area contributed by atoms with Gasteiger partial charge in [-0.05, 0) is 24.3 Å². The second-order valence-corrected chi connectivity index (χ2v) is 5.55. The van der Waals surface area contributed by atoms with E-state index >= 15 is 0 Å². The van der Waals surface area contributed by atoms with E-state index < -0.39 is 24.1 Å². The number of hydrogen-bond donors (Lipinski definition) is 0. The van der Waals surface area contributed by atoms with Crippen LogP contribution in [0.1, 0.15) is 11.5 Å². The average molecular weight is 441 g/mol. The third-order valence-electron chi connectivity index (χ3n) is 3.22. The van der Waals surface area contributed by atoms with Gasteiger partial charge in [-0.2, -0.15) is 13.2 Å². The Hall–Kier alpha value is -2.37. The maximum atomic E-state index is 13.1. The molecule has 3 rings (SSSR count). The van der Waals surface area contributed by atoms with Gasteiger partial charge in [0, 0.05) is 17.1 Å². The maximum Gasteiger partial charge on any atom is 0.573 e. The lowest BCUT2D eigenvalue weighted by Gasteiger charge is -2.10. The number of fused-ring (bicyclic) bond motifs is 1. The first-order valence-electron chi connectivity index (χ1n) is 6.82. The third kappa shape index (κ3) is 3.74. The first kappa shape index (κ1) is 18.4. The first-order chi connectivity index (χ1) is 12.1. The fraction of sp³-hybridized carbons (Fsp3) is 0.214. The Morgan fingerprint density at radius 1 is 1.00 bits per heavy atom. The molecule has 0 N–H and O–H groups in total. The Morgan fingerprint density at radius 2 is 1.65 bits per heavy atom. The molecule has 2 heterocycles. The van der Waals surface area contributed by atoms with E-state index in [-0.39, 0.29) is 22.4 Å². The van der Waals surface area contributed by atoms with Gasteiger partial charge in [0.05, 0.1) is 11.4 Å². The molecule has 0 bridgehead atoms. The zero-order chi connectivity index (χ0) is 19.1. The largest absolute Gasteiger partial charge is 0.573 e. The Kier molecular flexibility index (Phi) is 4.54. The molecule has 2 aromatic heterocycles. The van der Waals surface area contributed by atoms with Crippen molar-refractivity contribution in [1.29, 1.82) is 0 Å². The van der Waals surface area contributed by atoms with Crippen molar-refractivity contribution in [3.63, 3.8) is 0 Å². The summed E-state index contributed by atoms with van der Waals surface area (Å²) in [5, 5.41) is 6.75. The Bertz CT molecular complexity index is 935. The van der Waals surface area contributed by atoms with Crippen molar-refractivity contribution in [3.05, 3.63) is 42.0 Å². The van der Waals surface area contributed by atoms with Crippen molar-refractivity contribution in [2.75, 3.05) is 0 Å². The van der Waals surface area contributed by atoms with E-state index in [1.54, 1.807) is 0 Å². The average Bonchev–Trinajstić information content (AvgIpc) is 2.97. The molecule has 0 radical (unpaired) electrons. The molecular formula is C14H7BrF6N4O. The molecule has 5 nitrogen and oxygen atoms in total. The molecule has 0 aliphatic rings. The van der Waals surface area contributed by atoms with Crippen LogP contribution in [0.5, 0.6) is 5.75 Å². The predicted molar refractivity (Wildman–Crippen MR) is 80.5 cm³/mol. The number of rotatable bonds is 3. The zero-order valence-electron chi connectivity index (χ0n) is 12.4. The molecule has 0 amide bonds. The number of benzene rings is 1. The number of halogens is 7. The molecule has 12 heteroatoms. The highest BCUT2D eigenvalue weighted by molar-refractivity contribution is 9.08. The van der Waals surface area contributed by atoms with Gasteiger partial charge in [0.15, 0.2) is 5.65 Å². The van der Waals surface area contributed by atoms with Gasteiger partial charge in [0.1, 0.15) is 5.75 Å². The first-order valence-corrected chi connectivity index (χ1v) is 7.94. The van der Waals surface area contributed by atoms with Gasteiger partial charge in [-0.25, -0.2) is 4.98 Å². The van der Waals surface area contributed by atoms with Crippen molar-refractivity contribution >= 4 is 21.6 Å². The van der Waals surface area contributed by atoms with Crippen molar-refractivity contribution in [2.45, 2.75) is 17.9 Å². The number of nitrogens with zero attached hydrogens (tertiary/aromatic N) is 4. The summed E-state index contributed by atoms with van der Waals surface area (Å²) in [6.07, 6.45) is -8.50.